The average molecular weight is 278 g/mol. The summed E-state index contributed by atoms with van der Waals surface area (Å²) in [6.45, 7) is 4.61. The fraction of sp³-hybridized carbons (Fsp3) is 0.643. The van der Waals surface area contributed by atoms with Crippen molar-refractivity contribution in [2.75, 3.05) is 37.7 Å². The van der Waals surface area contributed by atoms with Crippen LogP contribution in [0.2, 0.25) is 0 Å². The first-order valence-corrected chi connectivity index (χ1v) is 7.92. The first-order valence-electron chi connectivity index (χ1n) is 6.98. The highest BCUT2D eigenvalue weighted by atomic mass is 32.1. The molecule has 0 unspecified atom stereocenters. The number of likely N-dealkylation sites (tertiary alicyclic amines) is 1. The number of rotatable bonds is 2. The van der Waals surface area contributed by atoms with Gasteiger partial charge in [-0.1, -0.05) is 0 Å². The minimum Gasteiger partial charge on any atom is -0.380 e. The molecule has 5 heteroatoms. The van der Waals surface area contributed by atoms with Crippen molar-refractivity contribution in [3.8, 4) is 0 Å². The molecular formula is C14H18N2O2S. The van der Waals surface area contributed by atoms with Gasteiger partial charge in [0.05, 0.1) is 18.2 Å². The van der Waals surface area contributed by atoms with Crippen molar-refractivity contribution in [3.63, 3.8) is 0 Å². The molecule has 0 aromatic carbocycles. The fourth-order valence-electron chi connectivity index (χ4n) is 3.65. The molecule has 0 radical (unpaired) electrons. The van der Waals surface area contributed by atoms with Crippen LogP contribution in [0.25, 0.3) is 0 Å². The number of anilines is 1. The normalized spacial score (nSPS) is 35.3. The summed E-state index contributed by atoms with van der Waals surface area (Å²) in [5.74, 6) is 1.04. The van der Waals surface area contributed by atoms with Crippen molar-refractivity contribution in [2.24, 2.45) is 11.8 Å². The third kappa shape index (κ3) is 1.91. The van der Waals surface area contributed by atoms with Crippen LogP contribution < -0.4 is 4.90 Å². The van der Waals surface area contributed by atoms with E-state index < -0.39 is 0 Å². The highest BCUT2D eigenvalue weighted by Crippen LogP contribution is 2.37. The number of carbonyl (C=O) groups is 1. The summed E-state index contributed by atoms with van der Waals surface area (Å²) in [5, 5.41) is 4.11. The molecular weight excluding hydrogens is 260 g/mol. The van der Waals surface area contributed by atoms with Gasteiger partial charge in [-0.05, 0) is 17.9 Å². The van der Waals surface area contributed by atoms with E-state index in [1.165, 1.54) is 0 Å². The van der Waals surface area contributed by atoms with E-state index >= 15 is 0 Å². The number of carbonyl (C=O) groups excluding carboxylic acids is 1. The first-order chi connectivity index (χ1) is 9.33. The molecule has 3 aliphatic rings. The Morgan fingerprint density at radius 3 is 2.95 bits per heavy atom. The van der Waals surface area contributed by atoms with Crippen LogP contribution in [0, 0.1) is 11.8 Å². The highest BCUT2D eigenvalue weighted by molar-refractivity contribution is 7.08. The maximum absolute atomic E-state index is 12.5. The zero-order valence-electron chi connectivity index (χ0n) is 10.8. The fourth-order valence-corrected chi connectivity index (χ4v) is 4.29. The minimum absolute atomic E-state index is 0.209. The molecule has 3 aliphatic heterocycles. The Balaban J connectivity index is 1.47. The van der Waals surface area contributed by atoms with Crippen LogP contribution >= 0.6 is 11.3 Å². The predicted octanol–water partition coefficient (Wildman–Crippen LogP) is 1.43. The Morgan fingerprint density at radius 1 is 1.32 bits per heavy atom. The maximum atomic E-state index is 12.5. The molecule has 0 N–H and O–H groups in total. The lowest BCUT2D eigenvalue weighted by Gasteiger charge is -2.25. The van der Waals surface area contributed by atoms with Gasteiger partial charge in [-0.3, -0.25) is 9.69 Å². The zero-order chi connectivity index (χ0) is 12.8. The van der Waals surface area contributed by atoms with Gasteiger partial charge in [0, 0.05) is 43.6 Å². The monoisotopic (exact) mass is 278 g/mol. The summed E-state index contributed by atoms with van der Waals surface area (Å²) in [6, 6.07) is 2.60. The van der Waals surface area contributed by atoms with Crippen LogP contribution in [0.1, 0.15) is 6.42 Å². The van der Waals surface area contributed by atoms with Crippen LogP contribution in [0.3, 0.4) is 0 Å². The maximum Gasteiger partial charge on any atom is 0.231 e. The number of ether oxygens (including phenoxy) is 1. The number of amides is 1. The van der Waals surface area contributed by atoms with Gasteiger partial charge in [0.15, 0.2) is 0 Å². The zero-order valence-corrected chi connectivity index (χ0v) is 11.6. The molecule has 3 fully saturated rings. The van der Waals surface area contributed by atoms with Crippen LogP contribution in [0.5, 0.6) is 0 Å². The molecule has 1 aromatic heterocycles. The van der Waals surface area contributed by atoms with E-state index in [4.69, 9.17) is 4.74 Å². The first kappa shape index (κ1) is 11.9. The predicted molar refractivity (Wildman–Crippen MR) is 74.4 cm³/mol. The van der Waals surface area contributed by atoms with Crippen LogP contribution in [0.15, 0.2) is 16.8 Å². The van der Waals surface area contributed by atoms with Crippen LogP contribution in [-0.2, 0) is 9.53 Å². The third-order valence-electron chi connectivity index (χ3n) is 4.71. The molecule has 1 amide bonds. The molecule has 4 heterocycles. The summed E-state index contributed by atoms with van der Waals surface area (Å²) in [6.07, 6.45) is 1.13. The number of nitrogens with zero attached hydrogens (tertiary/aromatic N) is 2. The Hall–Kier alpha value is -0.910. The van der Waals surface area contributed by atoms with Crippen LogP contribution in [0.4, 0.5) is 5.69 Å². The second kappa shape index (κ2) is 4.58. The topological polar surface area (TPSA) is 32.8 Å². The third-order valence-corrected chi connectivity index (χ3v) is 5.38. The Morgan fingerprint density at radius 2 is 2.26 bits per heavy atom. The number of hydrogen-bond donors (Lipinski definition) is 0. The van der Waals surface area contributed by atoms with Gasteiger partial charge >= 0.3 is 0 Å². The van der Waals surface area contributed by atoms with Crippen molar-refractivity contribution < 1.29 is 9.53 Å². The second-order valence-electron chi connectivity index (χ2n) is 5.77. The van der Waals surface area contributed by atoms with E-state index in [0.29, 0.717) is 17.9 Å². The van der Waals surface area contributed by atoms with Gasteiger partial charge in [0.1, 0.15) is 0 Å². The van der Waals surface area contributed by atoms with Gasteiger partial charge in [0.2, 0.25) is 5.91 Å². The van der Waals surface area contributed by atoms with Crippen molar-refractivity contribution in [2.45, 2.75) is 12.5 Å². The molecule has 1 aromatic rings. The van der Waals surface area contributed by atoms with Crippen molar-refractivity contribution in [1.29, 1.82) is 0 Å². The highest BCUT2D eigenvalue weighted by Gasteiger charge is 2.48. The SMILES string of the molecule is O=C1[C@H]2CN([C@@H]3CCOC3)C[C@H]2CN1c1ccsc1. The van der Waals surface area contributed by atoms with Crippen molar-refractivity contribution in [3.05, 3.63) is 16.8 Å². The van der Waals surface area contributed by atoms with E-state index in [2.05, 4.69) is 10.3 Å². The Bertz CT molecular complexity index is 470. The molecule has 4 nitrogen and oxygen atoms in total. The Labute approximate surface area is 116 Å². The minimum atomic E-state index is 0.209. The molecule has 0 spiro atoms. The lowest BCUT2D eigenvalue weighted by molar-refractivity contribution is -0.120. The molecule has 0 saturated carbocycles. The van der Waals surface area contributed by atoms with E-state index in [-0.39, 0.29) is 5.92 Å². The quantitative estimate of drug-likeness (QED) is 0.820. The largest absolute Gasteiger partial charge is 0.380 e. The van der Waals surface area contributed by atoms with Gasteiger partial charge < -0.3 is 9.64 Å². The molecule has 3 saturated heterocycles. The van der Waals surface area contributed by atoms with Crippen molar-refractivity contribution in [1.82, 2.24) is 4.90 Å². The summed E-state index contributed by atoms with van der Waals surface area (Å²) in [7, 11) is 0. The lowest BCUT2D eigenvalue weighted by Crippen LogP contribution is -2.38. The molecule has 4 rings (SSSR count). The van der Waals surface area contributed by atoms with E-state index in [1.807, 2.05) is 16.3 Å². The lowest BCUT2D eigenvalue weighted by atomic mass is 10.0. The number of fused-ring (bicyclic) bond motifs is 1. The molecule has 3 atom stereocenters. The smallest absolute Gasteiger partial charge is 0.231 e. The van der Waals surface area contributed by atoms with E-state index in [9.17, 15) is 4.79 Å². The second-order valence-corrected chi connectivity index (χ2v) is 6.55. The number of thiophene rings is 1. The molecule has 0 bridgehead atoms. The Kier molecular flexibility index (Phi) is 2.86. The number of hydrogen-bond acceptors (Lipinski definition) is 4. The van der Waals surface area contributed by atoms with E-state index in [0.717, 1.165) is 45.0 Å². The van der Waals surface area contributed by atoms with Gasteiger partial charge in [-0.2, -0.15) is 11.3 Å². The summed E-state index contributed by atoms with van der Waals surface area (Å²) < 4.78 is 5.46. The molecule has 0 aliphatic carbocycles. The standard InChI is InChI=1S/C14H18N2O2S/c17-14-13-7-15(11-1-3-18-8-11)5-10(13)6-16(14)12-2-4-19-9-12/h2,4,9-11,13H,1,3,5-8H2/t10-,11+,13-/m0/s1. The van der Waals surface area contributed by atoms with E-state index in [1.54, 1.807) is 11.3 Å². The average Bonchev–Trinajstić information content (AvgIpc) is 3.15. The summed E-state index contributed by atoms with van der Waals surface area (Å²) >= 11 is 1.66. The summed E-state index contributed by atoms with van der Waals surface area (Å²) in [5.41, 5.74) is 1.08. The van der Waals surface area contributed by atoms with Crippen LogP contribution in [-0.4, -0.2) is 49.7 Å². The van der Waals surface area contributed by atoms with Crippen molar-refractivity contribution >= 4 is 22.9 Å². The summed E-state index contributed by atoms with van der Waals surface area (Å²) in [4.78, 5) is 17.0. The van der Waals surface area contributed by atoms with Gasteiger partial charge in [-0.25, -0.2) is 0 Å². The van der Waals surface area contributed by atoms with Gasteiger partial charge in [-0.15, -0.1) is 0 Å². The molecule has 19 heavy (non-hydrogen) atoms. The molecule has 102 valence electrons. The van der Waals surface area contributed by atoms with Gasteiger partial charge in [0.25, 0.3) is 0 Å².